The molecule has 182 valence electrons. The molecular formula is C26H36N6O2. The second kappa shape index (κ2) is 10.7. The zero-order valence-corrected chi connectivity index (χ0v) is 20.2. The van der Waals surface area contributed by atoms with E-state index < -0.39 is 0 Å². The Balaban J connectivity index is 1.07. The van der Waals surface area contributed by atoms with Crippen LogP contribution in [0.25, 0.3) is 11.3 Å². The van der Waals surface area contributed by atoms with Crippen LogP contribution >= 0.6 is 0 Å². The van der Waals surface area contributed by atoms with E-state index in [1.165, 1.54) is 19.3 Å². The van der Waals surface area contributed by atoms with Gasteiger partial charge in [-0.1, -0.05) is 6.42 Å². The summed E-state index contributed by atoms with van der Waals surface area (Å²) in [6.07, 6.45) is 4.05. The maximum absolute atomic E-state index is 12.8. The molecule has 0 spiro atoms. The number of carbonyl (C=O) groups is 1. The smallest absolute Gasteiger partial charge is 0.236 e. The Kier molecular flexibility index (Phi) is 7.25. The van der Waals surface area contributed by atoms with Crippen molar-refractivity contribution in [3.8, 4) is 17.0 Å². The van der Waals surface area contributed by atoms with Crippen molar-refractivity contribution in [2.24, 2.45) is 0 Å². The van der Waals surface area contributed by atoms with Crippen LogP contribution in [0.3, 0.4) is 0 Å². The number of hydrogen-bond donors (Lipinski definition) is 0. The molecule has 2 aromatic rings. The molecule has 0 radical (unpaired) electrons. The van der Waals surface area contributed by atoms with Gasteiger partial charge in [0, 0.05) is 64.0 Å². The van der Waals surface area contributed by atoms with Crippen molar-refractivity contribution in [1.82, 2.24) is 24.9 Å². The first kappa shape index (κ1) is 23.1. The highest BCUT2D eigenvalue weighted by atomic mass is 16.5. The van der Waals surface area contributed by atoms with Gasteiger partial charge in [-0.15, -0.1) is 10.2 Å². The van der Waals surface area contributed by atoms with Gasteiger partial charge in [-0.05, 0) is 56.2 Å². The first-order valence-electron chi connectivity index (χ1n) is 12.8. The van der Waals surface area contributed by atoms with E-state index in [4.69, 9.17) is 4.74 Å². The van der Waals surface area contributed by atoms with E-state index in [1.807, 2.05) is 43.3 Å². The lowest BCUT2D eigenvalue weighted by molar-refractivity contribution is -0.134. The van der Waals surface area contributed by atoms with Crippen LogP contribution < -0.4 is 9.64 Å². The number of anilines is 1. The quantitative estimate of drug-likeness (QED) is 0.623. The molecule has 8 nitrogen and oxygen atoms in total. The number of benzene rings is 1. The Labute approximate surface area is 202 Å². The SMILES string of the molecule is CCOc1ccc(-c2ccc(N3CCN(CC(=O)N4CCN(C5CCC5)CC4)CC3)nn2)cc1. The maximum atomic E-state index is 12.8. The number of nitrogens with zero attached hydrogens (tertiary/aromatic N) is 6. The van der Waals surface area contributed by atoms with Crippen LogP contribution in [0.1, 0.15) is 26.2 Å². The molecule has 0 bridgehead atoms. The molecule has 2 saturated heterocycles. The molecule has 34 heavy (non-hydrogen) atoms. The minimum Gasteiger partial charge on any atom is -0.494 e. The Bertz CT molecular complexity index is 931. The van der Waals surface area contributed by atoms with Gasteiger partial charge < -0.3 is 14.5 Å². The summed E-state index contributed by atoms with van der Waals surface area (Å²) in [7, 11) is 0. The van der Waals surface area contributed by atoms with E-state index in [0.717, 1.165) is 81.2 Å². The third kappa shape index (κ3) is 5.33. The summed E-state index contributed by atoms with van der Waals surface area (Å²) in [6, 6.07) is 12.8. The lowest BCUT2D eigenvalue weighted by atomic mass is 9.91. The molecule has 2 aliphatic heterocycles. The highest BCUT2D eigenvalue weighted by Gasteiger charge is 2.30. The number of ether oxygens (including phenoxy) is 1. The van der Waals surface area contributed by atoms with Gasteiger partial charge in [-0.3, -0.25) is 14.6 Å². The first-order chi connectivity index (χ1) is 16.7. The third-order valence-corrected chi connectivity index (χ3v) is 7.42. The van der Waals surface area contributed by atoms with Gasteiger partial charge in [0.1, 0.15) is 5.75 Å². The first-order valence-corrected chi connectivity index (χ1v) is 12.8. The normalized spacial score (nSPS) is 20.3. The van der Waals surface area contributed by atoms with Crippen molar-refractivity contribution in [3.63, 3.8) is 0 Å². The average Bonchev–Trinajstić information content (AvgIpc) is 2.85. The van der Waals surface area contributed by atoms with E-state index in [2.05, 4.69) is 29.8 Å². The van der Waals surface area contributed by atoms with Crippen molar-refractivity contribution < 1.29 is 9.53 Å². The number of hydrogen-bond acceptors (Lipinski definition) is 7. The van der Waals surface area contributed by atoms with Gasteiger partial charge in [-0.25, -0.2) is 0 Å². The van der Waals surface area contributed by atoms with Crippen LogP contribution in [0.2, 0.25) is 0 Å². The van der Waals surface area contributed by atoms with Gasteiger partial charge in [0.2, 0.25) is 5.91 Å². The van der Waals surface area contributed by atoms with Crippen molar-refractivity contribution >= 4 is 11.7 Å². The zero-order chi connectivity index (χ0) is 23.3. The number of piperazine rings is 2. The van der Waals surface area contributed by atoms with Crippen LogP contribution in [0, 0.1) is 0 Å². The van der Waals surface area contributed by atoms with Crippen molar-refractivity contribution in [1.29, 1.82) is 0 Å². The molecule has 3 fully saturated rings. The van der Waals surface area contributed by atoms with Gasteiger partial charge >= 0.3 is 0 Å². The van der Waals surface area contributed by atoms with Gasteiger partial charge in [0.15, 0.2) is 5.82 Å². The van der Waals surface area contributed by atoms with Gasteiger partial charge in [0.05, 0.1) is 18.8 Å². The fourth-order valence-corrected chi connectivity index (χ4v) is 5.05. The summed E-state index contributed by atoms with van der Waals surface area (Å²) in [6.45, 7) is 10.5. The minimum absolute atomic E-state index is 0.279. The van der Waals surface area contributed by atoms with Gasteiger partial charge in [-0.2, -0.15) is 0 Å². The van der Waals surface area contributed by atoms with Gasteiger partial charge in [0.25, 0.3) is 0 Å². The molecule has 1 aromatic carbocycles. The van der Waals surface area contributed by atoms with Crippen LogP contribution in [0.4, 0.5) is 5.82 Å². The minimum atomic E-state index is 0.279. The molecule has 1 saturated carbocycles. The Morgan fingerprint density at radius 3 is 2.24 bits per heavy atom. The molecule has 1 aliphatic carbocycles. The Morgan fingerprint density at radius 1 is 0.912 bits per heavy atom. The predicted molar refractivity (Wildman–Crippen MR) is 133 cm³/mol. The van der Waals surface area contributed by atoms with Crippen molar-refractivity contribution in [3.05, 3.63) is 36.4 Å². The monoisotopic (exact) mass is 464 g/mol. The van der Waals surface area contributed by atoms with E-state index in [9.17, 15) is 4.79 Å². The predicted octanol–water partition coefficient (Wildman–Crippen LogP) is 2.36. The topological polar surface area (TPSA) is 65.0 Å². The average molecular weight is 465 g/mol. The van der Waals surface area contributed by atoms with E-state index in [-0.39, 0.29) is 5.91 Å². The summed E-state index contributed by atoms with van der Waals surface area (Å²) >= 11 is 0. The molecule has 8 heteroatoms. The summed E-state index contributed by atoms with van der Waals surface area (Å²) < 4.78 is 5.51. The van der Waals surface area contributed by atoms with E-state index in [0.29, 0.717) is 13.2 Å². The van der Waals surface area contributed by atoms with Crippen LogP contribution in [0.15, 0.2) is 36.4 Å². The molecule has 0 unspecified atom stereocenters. The zero-order valence-electron chi connectivity index (χ0n) is 20.2. The largest absolute Gasteiger partial charge is 0.494 e. The lowest BCUT2D eigenvalue weighted by Crippen LogP contribution is -2.56. The fraction of sp³-hybridized carbons (Fsp3) is 0.577. The van der Waals surface area contributed by atoms with E-state index >= 15 is 0 Å². The highest BCUT2D eigenvalue weighted by molar-refractivity contribution is 5.78. The third-order valence-electron chi connectivity index (χ3n) is 7.42. The molecule has 1 aromatic heterocycles. The molecule has 3 aliphatic rings. The summed E-state index contributed by atoms with van der Waals surface area (Å²) in [5.41, 5.74) is 1.88. The Hall–Kier alpha value is -2.71. The molecule has 1 amide bonds. The molecule has 5 rings (SSSR count). The number of amides is 1. The summed E-state index contributed by atoms with van der Waals surface area (Å²) in [5, 5.41) is 8.92. The summed E-state index contributed by atoms with van der Waals surface area (Å²) in [5.74, 6) is 2.04. The standard InChI is InChI=1S/C26H36N6O2/c1-2-34-23-8-6-21(7-9-23)24-10-11-25(28-27-24)31-14-12-29(13-15-31)20-26(33)32-18-16-30(17-19-32)22-4-3-5-22/h6-11,22H,2-5,12-20H2,1H3. The van der Waals surface area contributed by atoms with Crippen molar-refractivity contribution in [2.45, 2.75) is 32.2 Å². The van der Waals surface area contributed by atoms with E-state index in [1.54, 1.807) is 0 Å². The highest BCUT2D eigenvalue weighted by Crippen LogP contribution is 2.26. The van der Waals surface area contributed by atoms with Crippen molar-refractivity contribution in [2.75, 3.05) is 70.4 Å². The number of aromatic nitrogens is 2. The maximum Gasteiger partial charge on any atom is 0.236 e. The second-order valence-corrected chi connectivity index (χ2v) is 9.50. The van der Waals surface area contributed by atoms with Crippen LogP contribution in [-0.4, -0.2) is 102 Å². The number of carbonyl (C=O) groups excluding carboxylic acids is 1. The second-order valence-electron chi connectivity index (χ2n) is 9.50. The summed E-state index contributed by atoms with van der Waals surface area (Å²) in [4.78, 5) is 22.0. The van der Waals surface area contributed by atoms with Crippen LogP contribution in [-0.2, 0) is 4.79 Å². The molecular weight excluding hydrogens is 428 g/mol. The molecule has 0 N–H and O–H groups in total. The Morgan fingerprint density at radius 2 is 1.65 bits per heavy atom. The van der Waals surface area contributed by atoms with Crippen LogP contribution in [0.5, 0.6) is 5.75 Å². The fourth-order valence-electron chi connectivity index (χ4n) is 5.05. The molecule has 3 heterocycles. The molecule has 0 atom stereocenters. The lowest BCUT2D eigenvalue weighted by Gasteiger charge is -2.43. The number of rotatable bonds is 7.